The molecule has 1 N–H and O–H groups in total. The van der Waals surface area contributed by atoms with E-state index in [-0.39, 0.29) is 11.8 Å². The molecule has 2 saturated heterocycles. The molecule has 0 spiro atoms. The molecular weight excluding hydrogens is 326 g/mol. The first-order chi connectivity index (χ1) is 12.7. The van der Waals surface area contributed by atoms with Gasteiger partial charge in [-0.25, -0.2) is 0 Å². The Balaban J connectivity index is 1.41. The third kappa shape index (κ3) is 3.31. The largest absolute Gasteiger partial charge is 0.354 e. The normalized spacial score (nSPS) is 20.8. The van der Waals surface area contributed by atoms with Crippen molar-refractivity contribution < 1.29 is 9.59 Å². The van der Waals surface area contributed by atoms with Crippen molar-refractivity contribution >= 4 is 28.3 Å². The minimum absolute atomic E-state index is 0.0833. The van der Waals surface area contributed by atoms with Crippen LogP contribution in [0.5, 0.6) is 0 Å². The van der Waals surface area contributed by atoms with Crippen LogP contribution in [0, 0.1) is 5.92 Å². The summed E-state index contributed by atoms with van der Waals surface area (Å²) in [6, 6.07) is 14.0. The van der Waals surface area contributed by atoms with E-state index in [4.69, 9.17) is 0 Å². The number of hydrogen-bond donors (Lipinski definition) is 1. The summed E-state index contributed by atoms with van der Waals surface area (Å²) >= 11 is 0. The highest BCUT2D eigenvalue weighted by Gasteiger charge is 2.37. The van der Waals surface area contributed by atoms with Crippen LogP contribution < -0.4 is 10.2 Å². The monoisotopic (exact) mass is 351 g/mol. The summed E-state index contributed by atoms with van der Waals surface area (Å²) in [5, 5.41) is 5.12. The van der Waals surface area contributed by atoms with Gasteiger partial charge in [0.05, 0.1) is 5.69 Å². The molecule has 2 heterocycles. The molecule has 136 valence electrons. The number of amides is 2. The molecule has 0 aliphatic carbocycles. The second-order valence-corrected chi connectivity index (χ2v) is 7.17. The van der Waals surface area contributed by atoms with E-state index in [2.05, 4.69) is 10.2 Å². The van der Waals surface area contributed by atoms with Gasteiger partial charge in [0, 0.05) is 25.0 Å². The predicted octanol–water partition coefficient (Wildman–Crippen LogP) is 2.40. The zero-order valence-electron chi connectivity index (χ0n) is 15.0. The maximum atomic E-state index is 12.9. The Hall–Kier alpha value is -2.40. The molecule has 5 heteroatoms. The summed E-state index contributed by atoms with van der Waals surface area (Å²) < 4.78 is 0. The standard InChI is InChI=1S/C21H25N3O2/c25-20(22-11-15-23-12-3-4-13-23)18-10-14-24(21(18)26)19-9-5-7-16-6-1-2-8-17(16)19/h1-2,5-9,18H,3-4,10-15H2,(H,22,25). The number of carbonyl (C=O) groups is 2. The zero-order chi connectivity index (χ0) is 17.9. The molecule has 0 radical (unpaired) electrons. The van der Waals surface area contributed by atoms with E-state index in [1.165, 1.54) is 12.8 Å². The SMILES string of the molecule is O=C(NCCN1CCCC1)C1CCN(c2cccc3ccccc23)C1=O. The summed E-state index contributed by atoms with van der Waals surface area (Å²) in [4.78, 5) is 29.5. The van der Waals surface area contributed by atoms with Gasteiger partial charge in [-0.05, 0) is 43.8 Å². The molecule has 2 aromatic rings. The topological polar surface area (TPSA) is 52.7 Å². The van der Waals surface area contributed by atoms with Crippen LogP contribution >= 0.6 is 0 Å². The van der Waals surface area contributed by atoms with Crippen molar-refractivity contribution in [3.8, 4) is 0 Å². The van der Waals surface area contributed by atoms with E-state index in [1.807, 2.05) is 42.5 Å². The summed E-state index contributed by atoms with van der Waals surface area (Å²) in [6.07, 6.45) is 3.07. The molecule has 4 rings (SSSR count). The first kappa shape index (κ1) is 17.0. The molecule has 5 nitrogen and oxygen atoms in total. The molecule has 26 heavy (non-hydrogen) atoms. The molecule has 0 bridgehead atoms. The fourth-order valence-corrected chi connectivity index (χ4v) is 4.07. The van der Waals surface area contributed by atoms with Gasteiger partial charge in [0.15, 0.2) is 0 Å². The fourth-order valence-electron chi connectivity index (χ4n) is 4.07. The Bertz CT molecular complexity index is 809. The summed E-state index contributed by atoms with van der Waals surface area (Å²) in [5.41, 5.74) is 0.903. The maximum absolute atomic E-state index is 12.9. The van der Waals surface area contributed by atoms with Crippen molar-refractivity contribution in [3.05, 3.63) is 42.5 Å². The Morgan fingerprint density at radius 3 is 2.65 bits per heavy atom. The number of nitrogens with one attached hydrogen (secondary N) is 1. The molecule has 2 aliphatic heterocycles. The number of anilines is 1. The molecule has 2 aliphatic rings. The second kappa shape index (κ2) is 7.46. The lowest BCUT2D eigenvalue weighted by Gasteiger charge is -2.19. The quantitative estimate of drug-likeness (QED) is 0.842. The fraction of sp³-hybridized carbons (Fsp3) is 0.429. The van der Waals surface area contributed by atoms with Crippen molar-refractivity contribution in [2.75, 3.05) is 37.6 Å². The number of carbonyl (C=O) groups excluding carboxylic acids is 2. The molecule has 2 aromatic carbocycles. The zero-order valence-corrected chi connectivity index (χ0v) is 15.0. The van der Waals surface area contributed by atoms with Gasteiger partial charge in [-0.3, -0.25) is 9.59 Å². The van der Waals surface area contributed by atoms with E-state index in [0.717, 1.165) is 36.1 Å². The Labute approximate surface area is 154 Å². The van der Waals surface area contributed by atoms with E-state index in [0.29, 0.717) is 19.5 Å². The van der Waals surface area contributed by atoms with E-state index < -0.39 is 5.92 Å². The predicted molar refractivity (Wildman–Crippen MR) is 103 cm³/mol. The lowest BCUT2D eigenvalue weighted by molar-refractivity contribution is -0.132. The van der Waals surface area contributed by atoms with Crippen LogP contribution in [0.15, 0.2) is 42.5 Å². The van der Waals surface area contributed by atoms with Gasteiger partial charge >= 0.3 is 0 Å². The first-order valence-electron chi connectivity index (χ1n) is 9.53. The van der Waals surface area contributed by atoms with Crippen molar-refractivity contribution in [3.63, 3.8) is 0 Å². The van der Waals surface area contributed by atoms with Crippen molar-refractivity contribution in [1.29, 1.82) is 0 Å². The van der Waals surface area contributed by atoms with Gasteiger partial charge in [-0.15, -0.1) is 0 Å². The molecule has 0 saturated carbocycles. The Kier molecular flexibility index (Phi) is 4.89. The van der Waals surface area contributed by atoms with E-state index >= 15 is 0 Å². The van der Waals surface area contributed by atoms with E-state index in [1.54, 1.807) is 4.90 Å². The Morgan fingerprint density at radius 2 is 1.81 bits per heavy atom. The molecule has 2 amide bonds. The third-order valence-corrected chi connectivity index (χ3v) is 5.51. The molecule has 1 unspecified atom stereocenters. The number of nitrogens with zero attached hydrogens (tertiary/aromatic N) is 2. The average Bonchev–Trinajstić information content (AvgIpc) is 3.31. The van der Waals surface area contributed by atoms with Crippen LogP contribution in [-0.4, -0.2) is 49.4 Å². The second-order valence-electron chi connectivity index (χ2n) is 7.17. The number of benzene rings is 2. The summed E-state index contributed by atoms with van der Waals surface area (Å²) in [7, 11) is 0. The van der Waals surface area contributed by atoms with Crippen LogP contribution in [0.2, 0.25) is 0 Å². The van der Waals surface area contributed by atoms with Crippen LogP contribution in [0.3, 0.4) is 0 Å². The van der Waals surface area contributed by atoms with Gasteiger partial charge in [0.2, 0.25) is 11.8 Å². The van der Waals surface area contributed by atoms with Gasteiger partial charge in [0.1, 0.15) is 5.92 Å². The lowest BCUT2D eigenvalue weighted by Crippen LogP contribution is -2.40. The van der Waals surface area contributed by atoms with Gasteiger partial charge in [0.25, 0.3) is 0 Å². The average molecular weight is 351 g/mol. The van der Waals surface area contributed by atoms with Crippen LogP contribution in [0.1, 0.15) is 19.3 Å². The van der Waals surface area contributed by atoms with E-state index in [9.17, 15) is 9.59 Å². The van der Waals surface area contributed by atoms with Gasteiger partial charge < -0.3 is 15.1 Å². The van der Waals surface area contributed by atoms with Crippen molar-refractivity contribution in [2.45, 2.75) is 19.3 Å². The minimum atomic E-state index is -0.562. The van der Waals surface area contributed by atoms with Gasteiger partial charge in [-0.1, -0.05) is 36.4 Å². The third-order valence-electron chi connectivity index (χ3n) is 5.51. The van der Waals surface area contributed by atoms with Crippen molar-refractivity contribution in [1.82, 2.24) is 10.2 Å². The summed E-state index contributed by atoms with van der Waals surface area (Å²) in [6.45, 7) is 4.33. The number of likely N-dealkylation sites (tertiary alicyclic amines) is 1. The molecule has 2 fully saturated rings. The number of rotatable bonds is 5. The summed E-state index contributed by atoms with van der Waals surface area (Å²) in [5.74, 6) is -0.774. The van der Waals surface area contributed by atoms with Crippen LogP contribution in [0.4, 0.5) is 5.69 Å². The smallest absolute Gasteiger partial charge is 0.239 e. The van der Waals surface area contributed by atoms with Crippen LogP contribution in [-0.2, 0) is 9.59 Å². The highest BCUT2D eigenvalue weighted by molar-refractivity contribution is 6.12. The number of hydrogen-bond acceptors (Lipinski definition) is 3. The maximum Gasteiger partial charge on any atom is 0.239 e. The molecular formula is C21H25N3O2. The lowest BCUT2D eigenvalue weighted by atomic mass is 10.1. The van der Waals surface area contributed by atoms with Gasteiger partial charge in [-0.2, -0.15) is 0 Å². The van der Waals surface area contributed by atoms with Crippen LogP contribution in [0.25, 0.3) is 10.8 Å². The molecule has 1 atom stereocenters. The Morgan fingerprint density at radius 1 is 1.04 bits per heavy atom. The first-order valence-corrected chi connectivity index (χ1v) is 9.53. The molecule has 0 aromatic heterocycles. The van der Waals surface area contributed by atoms with Crippen molar-refractivity contribution in [2.24, 2.45) is 5.92 Å². The number of fused-ring (bicyclic) bond motifs is 1. The minimum Gasteiger partial charge on any atom is -0.354 e. The highest BCUT2D eigenvalue weighted by atomic mass is 16.2. The highest BCUT2D eigenvalue weighted by Crippen LogP contribution is 2.31.